The van der Waals surface area contributed by atoms with Gasteiger partial charge in [0, 0.05) is 6.54 Å². The Bertz CT molecular complexity index is 498. The lowest BCUT2D eigenvalue weighted by Crippen LogP contribution is -2.10. The van der Waals surface area contributed by atoms with E-state index in [1.54, 1.807) is 12.4 Å². The first-order chi connectivity index (χ1) is 8.28. The third kappa shape index (κ3) is 3.15. The molecule has 0 spiro atoms. The van der Waals surface area contributed by atoms with E-state index in [0.717, 1.165) is 0 Å². The second-order valence-corrected chi connectivity index (χ2v) is 3.78. The summed E-state index contributed by atoms with van der Waals surface area (Å²) in [6.45, 7) is 2.78. The van der Waals surface area contributed by atoms with Crippen LogP contribution in [0.5, 0.6) is 0 Å². The normalized spacial score (nSPS) is 10.0. The summed E-state index contributed by atoms with van der Waals surface area (Å²) in [4.78, 5) is 8.24. The van der Waals surface area contributed by atoms with Crippen LogP contribution < -0.4 is 16.6 Å². The Morgan fingerprint density at radius 1 is 1.24 bits per heavy atom. The van der Waals surface area contributed by atoms with E-state index in [2.05, 4.69) is 45.8 Å². The zero-order chi connectivity index (χ0) is 12.1. The fourth-order valence-corrected chi connectivity index (χ4v) is 1.54. The summed E-state index contributed by atoms with van der Waals surface area (Å²) in [7, 11) is 0. The molecule has 1 aromatic carbocycles. The van der Waals surface area contributed by atoms with Gasteiger partial charge in [0.15, 0.2) is 5.82 Å². The highest BCUT2D eigenvalue weighted by molar-refractivity contribution is 5.41. The van der Waals surface area contributed by atoms with E-state index in [1.807, 2.05) is 6.07 Å². The highest BCUT2D eigenvalue weighted by atomic mass is 15.3. The van der Waals surface area contributed by atoms with E-state index in [9.17, 15) is 0 Å². The summed E-state index contributed by atoms with van der Waals surface area (Å²) in [5.41, 5.74) is 4.91. The molecular weight excluding hydrogens is 214 g/mol. The number of nitrogens with two attached hydrogens (primary N) is 1. The van der Waals surface area contributed by atoms with Crippen LogP contribution in [0.1, 0.15) is 11.1 Å². The van der Waals surface area contributed by atoms with Crippen LogP contribution in [0.3, 0.4) is 0 Å². The van der Waals surface area contributed by atoms with Gasteiger partial charge in [0.2, 0.25) is 0 Å². The predicted molar refractivity (Wildman–Crippen MR) is 68.3 cm³/mol. The van der Waals surface area contributed by atoms with Gasteiger partial charge >= 0.3 is 0 Å². The molecule has 0 saturated carbocycles. The second kappa shape index (κ2) is 5.27. The molecule has 0 unspecified atom stereocenters. The molecule has 1 aromatic heterocycles. The van der Waals surface area contributed by atoms with Gasteiger partial charge in [-0.3, -0.25) is 4.98 Å². The summed E-state index contributed by atoms with van der Waals surface area (Å²) >= 11 is 0. The van der Waals surface area contributed by atoms with E-state index in [4.69, 9.17) is 5.84 Å². The van der Waals surface area contributed by atoms with Gasteiger partial charge in [-0.15, -0.1) is 0 Å². The van der Waals surface area contributed by atoms with E-state index in [0.29, 0.717) is 18.2 Å². The maximum absolute atomic E-state index is 5.27. The number of benzene rings is 1. The van der Waals surface area contributed by atoms with E-state index in [1.165, 1.54) is 11.1 Å². The maximum Gasteiger partial charge on any atom is 0.160 e. The highest BCUT2D eigenvalue weighted by Crippen LogP contribution is 2.09. The minimum atomic E-state index is 0.541. The molecule has 0 aliphatic rings. The first kappa shape index (κ1) is 11.3. The molecule has 88 valence electrons. The summed E-state index contributed by atoms with van der Waals surface area (Å²) in [6, 6.07) is 8.31. The van der Waals surface area contributed by atoms with Crippen molar-refractivity contribution >= 4 is 11.6 Å². The van der Waals surface area contributed by atoms with Crippen molar-refractivity contribution in [2.75, 3.05) is 10.7 Å². The first-order valence-electron chi connectivity index (χ1n) is 5.36. The Labute approximate surface area is 100 Å². The number of nitrogen functional groups attached to an aromatic ring is 1. The van der Waals surface area contributed by atoms with Crippen LogP contribution in [-0.4, -0.2) is 9.97 Å². The molecule has 0 saturated heterocycles. The van der Waals surface area contributed by atoms with Gasteiger partial charge in [-0.25, -0.2) is 10.8 Å². The van der Waals surface area contributed by atoms with E-state index in [-0.39, 0.29) is 0 Å². The van der Waals surface area contributed by atoms with E-state index >= 15 is 0 Å². The second-order valence-electron chi connectivity index (χ2n) is 3.78. The SMILES string of the molecule is Cc1cccc(CNc2cncc(NN)n2)c1. The van der Waals surface area contributed by atoms with Crippen molar-refractivity contribution in [2.45, 2.75) is 13.5 Å². The average Bonchev–Trinajstić information content (AvgIpc) is 2.37. The van der Waals surface area contributed by atoms with E-state index < -0.39 is 0 Å². The third-order valence-electron chi connectivity index (χ3n) is 2.34. The van der Waals surface area contributed by atoms with Crippen molar-refractivity contribution < 1.29 is 0 Å². The molecule has 0 amide bonds. The molecule has 0 radical (unpaired) electrons. The lowest BCUT2D eigenvalue weighted by molar-refractivity contribution is 1.07. The smallest absolute Gasteiger partial charge is 0.160 e. The number of aromatic nitrogens is 2. The number of hydrazine groups is 1. The molecule has 2 rings (SSSR count). The molecule has 5 nitrogen and oxygen atoms in total. The molecule has 0 bridgehead atoms. The topological polar surface area (TPSA) is 75.9 Å². The maximum atomic E-state index is 5.27. The highest BCUT2D eigenvalue weighted by Gasteiger charge is 1.97. The lowest BCUT2D eigenvalue weighted by atomic mass is 10.1. The number of nitrogens with zero attached hydrogens (tertiary/aromatic N) is 2. The predicted octanol–water partition coefficient (Wildman–Crippen LogP) is 1.68. The Kier molecular flexibility index (Phi) is 3.52. The van der Waals surface area contributed by atoms with Crippen molar-refractivity contribution in [3.63, 3.8) is 0 Å². The van der Waals surface area contributed by atoms with Crippen molar-refractivity contribution in [3.05, 3.63) is 47.8 Å². The van der Waals surface area contributed by atoms with Crippen molar-refractivity contribution in [3.8, 4) is 0 Å². The van der Waals surface area contributed by atoms with Gasteiger partial charge in [0.25, 0.3) is 0 Å². The van der Waals surface area contributed by atoms with Crippen LogP contribution in [0.4, 0.5) is 11.6 Å². The average molecular weight is 229 g/mol. The zero-order valence-electron chi connectivity index (χ0n) is 9.64. The minimum absolute atomic E-state index is 0.541. The molecule has 0 aliphatic heterocycles. The van der Waals surface area contributed by atoms with Crippen LogP contribution in [0.15, 0.2) is 36.7 Å². The Balaban J connectivity index is 2.02. The molecule has 0 atom stereocenters. The number of aryl methyl sites for hydroxylation is 1. The van der Waals surface area contributed by atoms with Gasteiger partial charge in [0.1, 0.15) is 5.82 Å². The standard InChI is InChI=1S/C12H15N5/c1-9-3-2-4-10(5-9)6-15-11-7-14-8-12(16-11)17-13/h2-5,7-8H,6,13H2,1H3,(H2,15,16,17). The van der Waals surface area contributed by atoms with Gasteiger partial charge in [0.05, 0.1) is 12.4 Å². The number of anilines is 2. The molecule has 2 aromatic rings. The number of nitrogens with one attached hydrogen (secondary N) is 2. The van der Waals surface area contributed by atoms with Crippen LogP contribution in [0.2, 0.25) is 0 Å². The quantitative estimate of drug-likeness (QED) is 0.549. The lowest BCUT2D eigenvalue weighted by Gasteiger charge is -2.07. The summed E-state index contributed by atoms with van der Waals surface area (Å²) < 4.78 is 0. The summed E-state index contributed by atoms with van der Waals surface area (Å²) in [5.74, 6) is 6.50. The van der Waals surface area contributed by atoms with Crippen LogP contribution >= 0.6 is 0 Å². The van der Waals surface area contributed by atoms with Crippen molar-refractivity contribution in [1.29, 1.82) is 0 Å². The fourth-order valence-electron chi connectivity index (χ4n) is 1.54. The Hall–Kier alpha value is -2.14. The number of hydrogen-bond donors (Lipinski definition) is 3. The fraction of sp³-hybridized carbons (Fsp3) is 0.167. The molecule has 0 fully saturated rings. The summed E-state index contributed by atoms with van der Waals surface area (Å²) in [6.07, 6.45) is 3.23. The van der Waals surface area contributed by atoms with Crippen LogP contribution in [-0.2, 0) is 6.54 Å². The number of hydrogen-bond acceptors (Lipinski definition) is 5. The van der Waals surface area contributed by atoms with Gasteiger partial charge in [-0.05, 0) is 12.5 Å². The first-order valence-corrected chi connectivity index (χ1v) is 5.36. The summed E-state index contributed by atoms with van der Waals surface area (Å²) in [5, 5.41) is 3.19. The molecule has 0 aliphatic carbocycles. The third-order valence-corrected chi connectivity index (χ3v) is 2.34. The van der Waals surface area contributed by atoms with Gasteiger partial charge in [-0.1, -0.05) is 29.8 Å². The van der Waals surface area contributed by atoms with Crippen LogP contribution in [0, 0.1) is 6.92 Å². The minimum Gasteiger partial charge on any atom is -0.365 e. The zero-order valence-corrected chi connectivity index (χ0v) is 9.64. The monoisotopic (exact) mass is 229 g/mol. The van der Waals surface area contributed by atoms with Gasteiger partial charge < -0.3 is 10.7 Å². The largest absolute Gasteiger partial charge is 0.365 e. The molecule has 5 heteroatoms. The van der Waals surface area contributed by atoms with Crippen molar-refractivity contribution in [1.82, 2.24) is 9.97 Å². The van der Waals surface area contributed by atoms with Crippen LogP contribution in [0.25, 0.3) is 0 Å². The molecule has 17 heavy (non-hydrogen) atoms. The Morgan fingerprint density at radius 3 is 2.82 bits per heavy atom. The molecule has 1 heterocycles. The molecular formula is C12H15N5. The number of rotatable bonds is 4. The molecule has 4 N–H and O–H groups in total. The Morgan fingerprint density at radius 2 is 2.06 bits per heavy atom. The van der Waals surface area contributed by atoms with Crippen molar-refractivity contribution in [2.24, 2.45) is 5.84 Å². The van der Waals surface area contributed by atoms with Gasteiger partial charge in [-0.2, -0.15) is 0 Å².